The van der Waals surface area contributed by atoms with Crippen LogP contribution in [-0.4, -0.2) is 24.4 Å². The van der Waals surface area contributed by atoms with Gasteiger partial charge in [0.25, 0.3) is 0 Å². The van der Waals surface area contributed by atoms with Crippen LogP contribution in [0.2, 0.25) is 0 Å². The molecule has 104 valence electrons. The van der Waals surface area contributed by atoms with Gasteiger partial charge in [-0.05, 0) is 18.4 Å². The van der Waals surface area contributed by atoms with E-state index < -0.39 is 0 Å². The molecule has 0 spiro atoms. The van der Waals surface area contributed by atoms with Crippen LogP contribution in [0.15, 0.2) is 30.3 Å². The minimum Gasteiger partial charge on any atom is -0.376 e. The molecule has 2 rings (SSSR count). The first kappa shape index (κ1) is 14.4. The summed E-state index contributed by atoms with van der Waals surface area (Å²) in [5.74, 6) is 1.05. The maximum absolute atomic E-state index is 11.5. The Balaban J connectivity index is 1.76. The average Bonchev–Trinajstić information content (AvgIpc) is 2.78. The molecule has 3 nitrogen and oxygen atoms in total. The van der Waals surface area contributed by atoms with Gasteiger partial charge in [-0.2, -0.15) is 0 Å². The Morgan fingerprint density at radius 3 is 2.84 bits per heavy atom. The maximum atomic E-state index is 11.5. The smallest absolute Gasteiger partial charge is 0.220 e. The van der Waals surface area contributed by atoms with Gasteiger partial charge in [0.2, 0.25) is 5.91 Å². The molecule has 1 amide bonds. The van der Waals surface area contributed by atoms with Crippen molar-refractivity contribution in [2.75, 3.05) is 12.5 Å². The molecule has 2 atom stereocenters. The number of rotatable bonds is 7. The predicted molar refractivity (Wildman–Crippen MR) is 76.1 cm³/mol. The van der Waals surface area contributed by atoms with E-state index in [1.165, 1.54) is 0 Å². The topological polar surface area (TPSA) is 38.3 Å². The molecule has 0 bridgehead atoms. The Morgan fingerprint density at radius 2 is 2.11 bits per heavy atom. The Hall–Kier alpha value is -1.06. The molecule has 1 fully saturated rings. The lowest BCUT2D eigenvalue weighted by molar-refractivity contribution is -0.119. The van der Waals surface area contributed by atoms with E-state index in [-0.39, 0.29) is 17.9 Å². The number of alkyl halides is 1. The number of carbonyl (C=O) groups excluding carboxylic acids is 1. The number of hydrogen-bond acceptors (Lipinski definition) is 2. The first-order valence-corrected chi connectivity index (χ1v) is 7.30. The summed E-state index contributed by atoms with van der Waals surface area (Å²) >= 11 is 5.70. The van der Waals surface area contributed by atoms with Crippen LogP contribution in [0.3, 0.4) is 0 Å². The van der Waals surface area contributed by atoms with Crippen LogP contribution >= 0.6 is 11.6 Å². The van der Waals surface area contributed by atoms with Crippen molar-refractivity contribution in [3.8, 4) is 0 Å². The lowest BCUT2D eigenvalue weighted by Gasteiger charge is -2.18. The summed E-state index contributed by atoms with van der Waals surface area (Å²) in [4.78, 5) is 11.5. The zero-order chi connectivity index (χ0) is 13.5. The Morgan fingerprint density at radius 1 is 1.32 bits per heavy atom. The lowest BCUT2D eigenvalue weighted by Crippen LogP contribution is -2.30. The van der Waals surface area contributed by atoms with Gasteiger partial charge in [-0.15, -0.1) is 11.6 Å². The van der Waals surface area contributed by atoms with E-state index in [0.29, 0.717) is 25.5 Å². The second-order valence-electron chi connectivity index (χ2n) is 4.97. The number of hydrogen-bond donors (Lipinski definition) is 1. The van der Waals surface area contributed by atoms with Gasteiger partial charge in [0, 0.05) is 24.3 Å². The average molecular weight is 282 g/mol. The van der Waals surface area contributed by atoms with E-state index >= 15 is 0 Å². The molecular formula is C15H20ClNO2. The Labute approximate surface area is 119 Å². The van der Waals surface area contributed by atoms with Gasteiger partial charge in [0.1, 0.15) is 0 Å². The predicted octanol–water partition coefficient (Wildman–Crippen LogP) is 2.73. The highest BCUT2D eigenvalue weighted by atomic mass is 35.5. The van der Waals surface area contributed by atoms with Crippen LogP contribution in [0.5, 0.6) is 0 Å². The van der Waals surface area contributed by atoms with Crippen molar-refractivity contribution in [3.05, 3.63) is 35.9 Å². The van der Waals surface area contributed by atoms with Crippen molar-refractivity contribution in [1.29, 1.82) is 0 Å². The molecule has 1 saturated heterocycles. The van der Waals surface area contributed by atoms with Crippen LogP contribution in [0.1, 0.15) is 24.8 Å². The van der Waals surface area contributed by atoms with Gasteiger partial charge in [-0.3, -0.25) is 4.79 Å². The number of halogens is 1. The minimum atomic E-state index is 0.132. The first-order chi connectivity index (χ1) is 9.29. The summed E-state index contributed by atoms with van der Waals surface area (Å²) in [6.45, 7) is 1.23. The van der Waals surface area contributed by atoms with E-state index in [1.54, 1.807) is 0 Å². The number of amides is 1. The highest BCUT2D eigenvalue weighted by Crippen LogP contribution is 2.21. The summed E-state index contributed by atoms with van der Waals surface area (Å²) in [5.41, 5.74) is 1.16. The number of ether oxygens (including phenoxy) is 1. The van der Waals surface area contributed by atoms with Crippen LogP contribution < -0.4 is 5.32 Å². The van der Waals surface area contributed by atoms with E-state index in [0.717, 1.165) is 18.4 Å². The van der Waals surface area contributed by atoms with Gasteiger partial charge in [-0.1, -0.05) is 30.3 Å². The van der Waals surface area contributed by atoms with Crippen molar-refractivity contribution in [2.45, 2.75) is 31.9 Å². The third kappa shape index (κ3) is 4.51. The lowest BCUT2D eigenvalue weighted by atomic mass is 9.98. The molecule has 0 saturated carbocycles. The number of benzene rings is 1. The van der Waals surface area contributed by atoms with Crippen molar-refractivity contribution >= 4 is 17.5 Å². The zero-order valence-electron chi connectivity index (χ0n) is 11.0. The highest BCUT2D eigenvalue weighted by molar-refractivity contribution is 6.17. The largest absolute Gasteiger partial charge is 0.376 e. The molecule has 1 aliphatic rings. The molecule has 19 heavy (non-hydrogen) atoms. The van der Waals surface area contributed by atoms with Gasteiger partial charge in [-0.25, -0.2) is 0 Å². The molecule has 0 aromatic heterocycles. The molecule has 0 unspecified atom stereocenters. The highest BCUT2D eigenvalue weighted by Gasteiger charge is 2.31. The third-order valence-electron chi connectivity index (χ3n) is 3.46. The summed E-state index contributed by atoms with van der Waals surface area (Å²) in [6.07, 6.45) is 2.44. The van der Waals surface area contributed by atoms with Crippen molar-refractivity contribution in [1.82, 2.24) is 5.32 Å². The van der Waals surface area contributed by atoms with Crippen molar-refractivity contribution < 1.29 is 9.53 Å². The SMILES string of the molecule is O=C1C[C@@H](COCc2ccccc2)[C@H](CCCCl)N1. The third-order valence-corrected chi connectivity index (χ3v) is 3.72. The molecular weight excluding hydrogens is 262 g/mol. The standard InChI is InChI=1S/C15H20ClNO2/c16-8-4-7-14-13(9-15(18)17-14)11-19-10-12-5-2-1-3-6-12/h1-3,5-6,13-14H,4,7-11H2,(H,17,18)/t13-,14-/m0/s1. The molecule has 0 radical (unpaired) electrons. The van der Waals surface area contributed by atoms with Crippen LogP contribution in [0, 0.1) is 5.92 Å². The quantitative estimate of drug-likeness (QED) is 0.781. The minimum absolute atomic E-state index is 0.132. The fourth-order valence-electron chi connectivity index (χ4n) is 2.45. The normalized spacial score (nSPS) is 22.5. The number of nitrogens with one attached hydrogen (secondary N) is 1. The fraction of sp³-hybridized carbons (Fsp3) is 0.533. The van der Waals surface area contributed by atoms with Crippen molar-refractivity contribution in [3.63, 3.8) is 0 Å². The fourth-order valence-corrected chi connectivity index (χ4v) is 2.60. The zero-order valence-corrected chi connectivity index (χ0v) is 11.7. The summed E-state index contributed by atoms with van der Waals surface area (Å²) in [7, 11) is 0. The molecule has 1 heterocycles. The van der Waals surface area contributed by atoms with Gasteiger partial charge in [0.05, 0.1) is 13.2 Å². The molecule has 0 aliphatic carbocycles. The van der Waals surface area contributed by atoms with Gasteiger partial charge in [0.15, 0.2) is 0 Å². The second kappa shape index (κ2) is 7.51. The van der Waals surface area contributed by atoms with Gasteiger partial charge >= 0.3 is 0 Å². The van der Waals surface area contributed by atoms with E-state index in [9.17, 15) is 4.79 Å². The molecule has 1 aromatic rings. The van der Waals surface area contributed by atoms with Gasteiger partial charge < -0.3 is 10.1 Å². The van der Waals surface area contributed by atoms with E-state index in [1.807, 2.05) is 30.3 Å². The molecule has 1 N–H and O–H groups in total. The summed E-state index contributed by atoms with van der Waals surface area (Å²) in [6, 6.07) is 10.3. The van der Waals surface area contributed by atoms with Crippen LogP contribution in [0.25, 0.3) is 0 Å². The Kier molecular flexibility index (Phi) is 5.67. The monoisotopic (exact) mass is 281 g/mol. The van der Waals surface area contributed by atoms with Crippen molar-refractivity contribution in [2.24, 2.45) is 5.92 Å². The number of carbonyl (C=O) groups is 1. The van der Waals surface area contributed by atoms with E-state index in [2.05, 4.69) is 5.32 Å². The summed E-state index contributed by atoms with van der Waals surface area (Å²) in [5, 5.41) is 3.01. The molecule has 1 aliphatic heterocycles. The maximum Gasteiger partial charge on any atom is 0.220 e. The molecule has 4 heteroatoms. The van der Waals surface area contributed by atoms with E-state index in [4.69, 9.17) is 16.3 Å². The second-order valence-corrected chi connectivity index (χ2v) is 5.35. The first-order valence-electron chi connectivity index (χ1n) is 6.76. The van der Waals surface area contributed by atoms with Crippen LogP contribution in [0.4, 0.5) is 0 Å². The molecule has 1 aromatic carbocycles. The van der Waals surface area contributed by atoms with Crippen LogP contribution in [-0.2, 0) is 16.1 Å². The Bertz CT molecular complexity index is 396. The summed E-state index contributed by atoms with van der Waals surface area (Å²) < 4.78 is 5.74.